The third-order valence-corrected chi connectivity index (χ3v) is 8.51. The number of benzene rings is 3. The van der Waals surface area contributed by atoms with E-state index in [1.807, 2.05) is 50.2 Å². The smallest absolute Gasteiger partial charge is 0.265 e. The molecule has 1 N–H and O–H groups in total. The summed E-state index contributed by atoms with van der Waals surface area (Å²) in [5, 5.41) is 4.36. The number of carbonyl (C=O) groups excluding carboxylic acids is 1. The van der Waals surface area contributed by atoms with E-state index in [9.17, 15) is 13.2 Å². The molecule has 10 nitrogen and oxygen atoms in total. The highest BCUT2D eigenvalue weighted by molar-refractivity contribution is 7.92. The van der Waals surface area contributed by atoms with E-state index in [-0.39, 0.29) is 27.1 Å². The molecule has 0 aliphatic carbocycles. The second-order valence-electron chi connectivity index (χ2n) is 9.14. The Balaban J connectivity index is 1.64. The van der Waals surface area contributed by atoms with Crippen LogP contribution in [0.5, 0.6) is 17.2 Å². The number of para-hydroxylation sites is 1. The van der Waals surface area contributed by atoms with Crippen LogP contribution >= 0.6 is 11.6 Å². The van der Waals surface area contributed by atoms with Crippen LogP contribution in [-0.2, 0) is 14.8 Å². The number of carbonyl (C=O) groups is 1. The van der Waals surface area contributed by atoms with Gasteiger partial charge in [0.05, 0.1) is 38.1 Å². The number of ether oxygens (including phenoxy) is 3. The van der Waals surface area contributed by atoms with E-state index in [0.29, 0.717) is 5.75 Å². The molecular formula is C30H31ClN4O6S. The topological polar surface area (TPSA) is 111 Å². The molecule has 12 heteroatoms. The maximum absolute atomic E-state index is 13.9. The number of anilines is 1. The predicted octanol–water partition coefficient (Wildman–Crippen LogP) is 5.12. The van der Waals surface area contributed by atoms with E-state index in [0.717, 1.165) is 26.9 Å². The molecule has 0 unspecified atom stereocenters. The molecule has 1 amide bonds. The Bertz CT molecular complexity index is 1720. The lowest BCUT2D eigenvalue weighted by molar-refractivity contribution is -0.119. The molecule has 0 saturated carbocycles. The van der Waals surface area contributed by atoms with Crippen molar-refractivity contribution < 1.29 is 27.4 Å². The van der Waals surface area contributed by atoms with E-state index in [1.54, 1.807) is 6.07 Å². The van der Waals surface area contributed by atoms with Crippen molar-refractivity contribution in [2.75, 3.05) is 32.2 Å². The van der Waals surface area contributed by atoms with Crippen LogP contribution in [-0.4, -0.2) is 53.0 Å². The van der Waals surface area contributed by atoms with Gasteiger partial charge in [-0.3, -0.25) is 9.10 Å². The summed E-state index contributed by atoms with van der Waals surface area (Å²) in [5.74, 6) is 0.0723. The number of sulfonamides is 1. The normalized spacial score (nSPS) is 11.4. The molecule has 1 aromatic heterocycles. The number of aryl methyl sites for hydroxylation is 1. The van der Waals surface area contributed by atoms with Crippen LogP contribution in [0, 0.1) is 13.8 Å². The summed E-state index contributed by atoms with van der Waals surface area (Å²) in [6.45, 7) is 3.31. The first kappa shape index (κ1) is 30.5. The monoisotopic (exact) mass is 610 g/mol. The molecule has 220 valence electrons. The van der Waals surface area contributed by atoms with E-state index in [2.05, 4.69) is 15.1 Å². The van der Waals surface area contributed by atoms with Gasteiger partial charge >= 0.3 is 0 Å². The van der Waals surface area contributed by atoms with Crippen LogP contribution in [0.1, 0.15) is 17.0 Å². The SMILES string of the molecule is COc1ccc(S(=O)(=O)N(CC(=O)N/N=C/c2cc(C)n(-c3ccccc3)c2C)c2cc(Cl)ccc2OC)cc1OC. The van der Waals surface area contributed by atoms with Gasteiger partial charge in [-0.2, -0.15) is 5.10 Å². The standard InChI is InChI=1S/C30H31ClN4O6S/c1-20-15-22(21(2)35(20)24-9-7-6-8-10-24)18-32-33-30(36)19-34(26-16-23(31)11-13-27(26)39-3)42(37,38)25-12-14-28(40-4)29(17-25)41-5/h6-18H,19H2,1-5H3,(H,33,36)/b32-18+. The minimum atomic E-state index is -4.33. The van der Waals surface area contributed by atoms with Gasteiger partial charge in [-0.25, -0.2) is 13.8 Å². The number of hydrogen-bond acceptors (Lipinski definition) is 7. The van der Waals surface area contributed by atoms with Gasteiger partial charge in [-0.15, -0.1) is 0 Å². The van der Waals surface area contributed by atoms with Crippen LogP contribution < -0.4 is 23.9 Å². The first-order chi connectivity index (χ1) is 20.1. The lowest BCUT2D eigenvalue weighted by Crippen LogP contribution is -2.39. The fraction of sp³-hybridized carbons (Fsp3) is 0.200. The van der Waals surface area contributed by atoms with Gasteiger partial charge in [0, 0.05) is 33.7 Å². The molecule has 0 radical (unpaired) electrons. The highest BCUT2D eigenvalue weighted by Gasteiger charge is 2.30. The van der Waals surface area contributed by atoms with Crippen molar-refractivity contribution in [3.8, 4) is 22.9 Å². The number of aromatic nitrogens is 1. The van der Waals surface area contributed by atoms with E-state index >= 15 is 0 Å². The van der Waals surface area contributed by atoms with E-state index in [4.69, 9.17) is 25.8 Å². The molecule has 0 saturated heterocycles. The fourth-order valence-electron chi connectivity index (χ4n) is 4.49. The Morgan fingerprint density at radius 1 is 0.929 bits per heavy atom. The summed E-state index contributed by atoms with van der Waals surface area (Å²) in [6, 6.07) is 20.4. The zero-order chi connectivity index (χ0) is 30.4. The molecule has 0 fully saturated rings. The molecule has 0 bridgehead atoms. The number of hydrazone groups is 1. The number of rotatable bonds is 11. The van der Waals surface area contributed by atoms with Crippen LogP contribution in [0.4, 0.5) is 5.69 Å². The Morgan fingerprint density at radius 2 is 1.60 bits per heavy atom. The van der Waals surface area contributed by atoms with Gasteiger partial charge < -0.3 is 18.8 Å². The second kappa shape index (κ2) is 13.0. The summed E-state index contributed by atoms with van der Waals surface area (Å²) in [4.78, 5) is 13.0. The Labute approximate surface area is 250 Å². The zero-order valence-electron chi connectivity index (χ0n) is 23.8. The summed E-state index contributed by atoms with van der Waals surface area (Å²) < 4.78 is 46.8. The van der Waals surface area contributed by atoms with Crippen molar-refractivity contribution >= 4 is 39.4 Å². The molecule has 42 heavy (non-hydrogen) atoms. The fourth-order valence-corrected chi connectivity index (χ4v) is 6.10. The minimum absolute atomic E-state index is 0.0744. The number of amides is 1. The summed E-state index contributed by atoms with van der Waals surface area (Å²) in [6.07, 6.45) is 1.52. The molecule has 0 aliphatic heterocycles. The van der Waals surface area contributed by atoms with Crippen LogP contribution in [0.25, 0.3) is 5.69 Å². The molecular weight excluding hydrogens is 580 g/mol. The first-order valence-corrected chi connectivity index (χ1v) is 14.6. The average Bonchev–Trinajstić information content (AvgIpc) is 3.27. The maximum Gasteiger partial charge on any atom is 0.265 e. The zero-order valence-corrected chi connectivity index (χ0v) is 25.4. The van der Waals surface area contributed by atoms with Crippen molar-refractivity contribution in [3.63, 3.8) is 0 Å². The number of nitrogens with zero attached hydrogens (tertiary/aromatic N) is 3. The van der Waals surface area contributed by atoms with Crippen LogP contribution in [0.15, 0.2) is 82.8 Å². The van der Waals surface area contributed by atoms with Crippen molar-refractivity contribution in [2.45, 2.75) is 18.7 Å². The molecule has 4 rings (SSSR count). The van der Waals surface area contributed by atoms with Gasteiger partial charge in [0.1, 0.15) is 12.3 Å². The quantitative estimate of drug-likeness (QED) is 0.186. The van der Waals surface area contributed by atoms with Crippen molar-refractivity contribution in [2.24, 2.45) is 5.10 Å². The Hall–Kier alpha value is -4.48. The largest absolute Gasteiger partial charge is 0.495 e. The molecule has 0 spiro atoms. The predicted molar refractivity (Wildman–Crippen MR) is 163 cm³/mol. The van der Waals surface area contributed by atoms with Gasteiger partial charge in [-0.1, -0.05) is 29.8 Å². The second-order valence-corrected chi connectivity index (χ2v) is 11.4. The third-order valence-electron chi connectivity index (χ3n) is 6.52. The van der Waals surface area contributed by atoms with Crippen LogP contribution in [0.3, 0.4) is 0 Å². The molecule has 0 aliphatic rings. The van der Waals surface area contributed by atoms with Gasteiger partial charge in [0.15, 0.2) is 11.5 Å². The van der Waals surface area contributed by atoms with Crippen molar-refractivity contribution in [3.05, 3.63) is 94.8 Å². The minimum Gasteiger partial charge on any atom is -0.495 e. The van der Waals surface area contributed by atoms with Crippen molar-refractivity contribution in [1.82, 2.24) is 9.99 Å². The Kier molecular flexibility index (Phi) is 9.44. The first-order valence-electron chi connectivity index (χ1n) is 12.7. The summed E-state index contributed by atoms with van der Waals surface area (Å²) in [5.41, 5.74) is 6.23. The van der Waals surface area contributed by atoms with Gasteiger partial charge in [0.2, 0.25) is 0 Å². The molecule has 1 heterocycles. The number of nitrogens with one attached hydrogen (secondary N) is 1. The van der Waals surface area contributed by atoms with E-state index < -0.39 is 22.5 Å². The van der Waals surface area contributed by atoms with Crippen LogP contribution in [0.2, 0.25) is 5.02 Å². The lowest BCUT2D eigenvalue weighted by atomic mass is 10.2. The third kappa shape index (κ3) is 6.37. The summed E-state index contributed by atoms with van der Waals surface area (Å²) >= 11 is 6.22. The highest BCUT2D eigenvalue weighted by Crippen LogP contribution is 2.37. The number of halogens is 1. The molecule has 0 atom stereocenters. The van der Waals surface area contributed by atoms with Crippen molar-refractivity contribution in [1.29, 1.82) is 0 Å². The lowest BCUT2D eigenvalue weighted by Gasteiger charge is -2.25. The van der Waals surface area contributed by atoms with Gasteiger partial charge in [0.25, 0.3) is 15.9 Å². The van der Waals surface area contributed by atoms with Gasteiger partial charge in [-0.05, 0) is 62.4 Å². The molecule has 3 aromatic carbocycles. The van der Waals surface area contributed by atoms with E-state index in [1.165, 1.54) is 57.9 Å². The summed E-state index contributed by atoms with van der Waals surface area (Å²) in [7, 11) is -0.0954. The maximum atomic E-state index is 13.9. The Morgan fingerprint density at radius 3 is 2.26 bits per heavy atom. The molecule has 4 aromatic rings. The highest BCUT2D eigenvalue weighted by atomic mass is 35.5. The number of hydrogen-bond donors (Lipinski definition) is 1. The number of methoxy groups -OCH3 is 3. The average molecular weight is 611 g/mol.